The second-order valence-corrected chi connectivity index (χ2v) is 6.92. The van der Waals surface area contributed by atoms with Gasteiger partial charge in [0, 0.05) is 4.75 Å². The number of esters is 1. The monoisotopic (exact) mass is 263 g/mol. The first-order chi connectivity index (χ1) is 7.46. The summed E-state index contributed by atoms with van der Waals surface area (Å²) in [6.07, 6.45) is 0. The predicted molar refractivity (Wildman–Crippen MR) is 68.0 cm³/mol. The third kappa shape index (κ3) is 6.53. The molecule has 0 amide bonds. The van der Waals surface area contributed by atoms with Gasteiger partial charge in [0.25, 0.3) is 0 Å². The van der Waals surface area contributed by atoms with E-state index in [9.17, 15) is 9.59 Å². The van der Waals surface area contributed by atoms with Crippen LogP contribution in [-0.2, 0) is 14.3 Å². The molecule has 100 valence electrons. The van der Waals surface area contributed by atoms with Gasteiger partial charge in [-0.1, -0.05) is 0 Å². The Morgan fingerprint density at radius 1 is 1.29 bits per heavy atom. The fourth-order valence-corrected chi connectivity index (χ4v) is 1.83. The summed E-state index contributed by atoms with van der Waals surface area (Å²) in [7, 11) is 0. The maximum atomic E-state index is 11.5. The molecule has 0 aliphatic carbocycles. The van der Waals surface area contributed by atoms with Crippen LogP contribution in [0.25, 0.3) is 0 Å². The number of rotatable bonds is 5. The number of ether oxygens (including phenoxy) is 1. The Kier molecular flexibility index (Phi) is 5.48. The molecule has 6 heteroatoms. The summed E-state index contributed by atoms with van der Waals surface area (Å²) in [5, 5.41) is 8.81. The van der Waals surface area contributed by atoms with Gasteiger partial charge in [0.05, 0.1) is 5.75 Å². The van der Waals surface area contributed by atoms with Gasteiger partial charge in [-0.25, -0.2) is 0 Å². The Hall–Kier alpha value is -0.750. The lowest BCUT2D eigenvalue weighted by molar-refractivity contribution is -0.151. The zero-order chi connectivity index (χ0) is 13.9. The van der Waals surface area contributed by atoms with E-state index in [2.05, 4.69) is 0 Å². The summed E-state index contributed by atoms with van der Waals surface area (Å²) in [6, 6.07) is -1.02. The van der Waals surface area contributed by atoms with E-state index < -0.39 is 22.4 Å². The van der Waals surface area contributed by atoms with E-state index in [-0.39, 0.29) is 11.7 Å². The van der Waals surface area contributed by atoms with E-state index in [0.29, 0.717) is 0 Å². The Bertz CT molecular complexity index is 296. The van der Waals surface area contributed by atoms with Gasteiger partial charge in [-0.3, -0.25) is 9.59 Å². The van der Waals surface area contributed by atoms with Crippen LogP contribution in [0.4, 0.5) is 0 Å². The van der Waals surface area contributed by atoms with E-state index in [4.69, 9.17) is 15.6 Å². The van der Waals surface area contributed by atoms with Crippen LogP contribution in [0.15, 0.2) is 0 Å². The first-order valence-electron chi connectivity index (χ1n) is 5.30. The van der Waals surface area contributed by atoms with Crippen molar-refractivity contribution >= 4 is 23.7 Å². The van der Waals surface area contributed by atoms with Crippen molar-refractivity contribution in [1.29, 1.82) is 0 Å². The van der Waals surface area contributed by atoms with Crippen LogP contribution in [0.5, 0.6) is 0 Å². The highest BCUT2D eigenvalue weighted by Crippen LogP contribution is 2.27. The topological polar surface area (TPSA) is 89.6 Å². The Labute approximate surface area is 106 Å². The molecule has 0 heterocycles. The smallest absolute Gasteiger partial charge is 0.321 e. The van der Waals surface area contributed by atoms with Gasteiger partial charge in [-0.2, -0.15) is 0 Å². The lowest BCUT2D eigenvalue weighted by Gasteiger charge is -2.28. The van der Waals surface area contributed by atoms with Gasteiger partial charge < -0.3 is 15.6 Å². The SMILES string of the molecule is CC(C)(C)OC(=O)CSC(C)(C)[C@@H](N)C(=O)O. The lowest BCUT2D eigenvalue weighted by Crippen LogP contribution is -2.47. The molecule has 0 saturated carbocycles. The van der Waals surface area contributed by atoms with Crippen molar-refractivity contribution in [2.45, 2.75) is 51.0 Å². The summed E-state index contributed by atoms with van der Waals surface area (Å²) in [5.41, 5.74) is 5.00. The maximum absolute atomic E-state index is 11.5. The van der Waals surface area contributed by atoms with Crippen molar-refractivity contribution in [2.24, 2.45) is 5.73 Å². The number of carbonyl (C=O) groups excluding carboxylic acids is 1. The van der Waals surface area contributed by atoms with Gasteiger partial charge in [0.2, 0.25) is 0 Å². The average molecular weight is 263 g/mol. The molecule has 0 saturated heterocycles. The quantitative estimate of drug-likeness (QED) is 0.726. The fourth-order valence-electron chi connectivity index (χ4n) is 1.00. The molecule has 0 fully saturated rings. The second kappa shape index (κ2) is 5.73. The largest absolute Gasteiger partial charge is 0.480 e. The first-order valence-corrected chi connectivity index (χ1v) is 6.28. The van der Waals surface area contributed by atoms with Gasteiger partial charge in [0.15, 0.2) is 0 Å². The number of hydrogen-bond acceptors (Lipinski definition) is 5. The minimum atomic E-state index is -1.08. The van der Waals surface area contributed by atoms with Crippen LogP contribution in [-0.4, -0.2) is 39.2 Å². The molecule has 0 aliphatic heterocycles. The summed E-state index contributed by atoms with van der Waals surface area (Å²) in [4.78, 5) is 22.2. The minimum absolute atomic E-state index is 0.0885. The number of carboxylic acid groups (broad SMARTS) is 1. The van der Waals surface area contributed by atoms with Crippen molar-refractivity contribution < 1.29 is 19.4 Å². The second-order valence-electron chi connectivity index (χ2n) is 5.29. The Morgan fingerprint density at radius 3 is 2.12 bits per heavy atom. The number of nitrogens with two attached hydrogens (primary N) is 1. The fraction of sp³-hybridized carbons (Fsp3) is 0.818. The van der Waals surface area contributed by atoms with Gasteiger partial charge in [-0.15, -0.1) is 11.8 Å². The number of aliphatic carboxylic acids is 1. The van der Waals surface area contributed by atoms with E-state index in [1.807, 2.05) is 0 Å². The lowest BCUT2D eigenvalue weighted by atomic mass is 10.1. The molecule has 17 heavy (non-hydrogen) atoms. The van der Waals surface area contributed by atoms with E-state index in [1.165, 1.54) is 11.8 Å². The molecule has 1 atom stereocenters. The third-order valence-corrected chi connectivity index (χ3v) is 3.38. The molecule has 0 aromatic carbocycles. The Morgan fingerprint density at radius 2 is 1.76 bits per heavy atom. The third-order valence-electron chi connectivity index (χ3n) is 2.00. The molecular formula is C11H21NO4S. The van der Waals surface area contributed by atoms with Crippen molar-refractivity contribution in [3.05, 3.63) is 0 Å². The molecule has 0 aliphatic rings. The highest BCUT2D eigenvalue weighted by Gasteiger charge is 2.33. The number of carbonyl (C=O) groups is 2. The summed E-state index contributed by atoms with van der Waals surface area (Å²) >= 11 is 1.18. The van der Waals surface area contributed by atoms with E-state index in [0.717, 1.165) is 0 Å². The van der Waals surface area contributed by atoms with Crippen molar-refractivity contribution in [2.75, 3.05) is 5.75 Å². The van der Waals surface area contributed by atoms with Crippen LogP contribution in [0.2, 0.25) is 0 Å². The molecule has 3 N–H and O–H groups in total. The van der Waals surface area contributed by atoms with Gasteiger partial charge in [0.1, 0.15) is 11.6 Å². The standard InChI is InChI=1S/C11H21NO4S/c1-10(2,3)16-7(13)6-17-11(4,5)8(12)9(14)15/h8H,6,12H2,1-5H3,(H,14,15)/t8-/m0/s1. The summed E-state index contributed by atoms with van der Waals surface area (Å²) in [6.45, 7) is 8.73. The summed E-state index contributed by atoms with van der Waals surface area (Å²) < 4.78 is 4.41. The van der Waals surface area contributed by atoms with Gasteiger partial charge in [-0.05, 0) is 34.6 Å². The average Bonchev–Trinajstić information content (AvgIpc) is 2.11. The van der Waals surface area contributed by atoms with Crippen molar-refractivity contribution in [3.63, 3.8) is 0 Å². The van der Waals surface area contributed by atoms with Crippen LogP contribution < -0.4 is 5.73 Å². The zero-order valence-electron chi connectivity index (χ0n) is 10.9. The van der Waals surface area contributed by atoms with Crippen LogP contribution >= 0.6 is 11.8 Å². The molecule has 5 nitrogen and oxygen atoms in total. The highest BCUT2D eigenvalue weighted by atomic mass is 32.2. The minimum Gasteiger partial charge on any atom is -0.480 e. The van der Waals surface area contributed by atoms with Crippen LogP contribution in [0.3, 0.4) is 0 Å². The van der Waals surface area contributed by atoms with Crippen LogP contribution in [0.1, 0.15) is 34.6 Å². The molecule has 0 bridgehead atoms. The summed E-state index contributed by atoms with van der Waals surface area (Å²) in [5.74, 6) is -1.36. The maximum Gasteiger partial charge on any atom is 0.321 e. The molecule has 0 radical (unpaired) electrons. The predicted octanol–water partition coefficient (Wildman–Crippen LogP) is 1.25. The molecule has 0 unspecified atom stereocenters. The van der Waals surface area contributed by atoms with Gasteiger partial charge >= 0.3 is 11.9 Å². The zero-order valence-corrected chi connectivity index (χ0v) is 11.8. The normalized spacial score (nSPS) is 14.2. The van der Waals surface area contributed by atoms with E-state index in [1.54, 1.807) is 34.6 Å². The van der Waals surface area contributed by atoms with E-state index >= 15 is 0 Å². The first kappa shape index (κ1) is 16.2. The molecule has 0 rings (SSSR count). The van der Waals surface area contributed by atoms with Crippen molar-refractivity contribution in [1.82, 2.24) is 0 Å². The molecular weight excluding hydrogens is 242 g/mol. The van der Waals surface area contributed by atoms with Crippen molar-refractivity contribution in [3.8, 4) is 0 Å². The number of thioether (sulfide) groups is 1. The highest BCUT2D eigenvalue weighted by molar-refractivity contribution is 8.01. The Balaban J connectivity index is 4.28. The van der Waals surface area contributed by atoms with Crippen LogP contribution in [0, 0.1) is 0 Å². The number of carboxylic acids is 1. The molecule has 0 aromatic rings. The molecule has 0 spiro atoms. The molecule has 0 aromatic heterocycles. The number of hydrogen-bond donors (Lipinski definition) is 2.